The molecule has 25 heavy (non-hydrogen) atoms. The Morgan fingerprint density at radius 3 is 2.44 bits per heavy atom. The normalized spacial score (nSPS) is 16.0. The van der Waals surface area contributed by atoms with Crippen LogP contribution in [0.1, 0.15) is 60.8 Å². The predicted molar refractivity (Wildman–Crippen MR) is 98.7 cm³/mol. The van der Waals surface area contributed by atoms with Gasteiger partial charge in [-0.2, -0.15) is 5.26 Å². The van der Waals surface area contributed by atoms with Crippen molar-refractivity contribution in [3.63, 3.8) is 0 Å². The molecule has 0 N–H and O–H groups in total. The summed E-state index contributed by atoms with van der Waals surface area (Å²) in [6.45, 7) is 12.2. The predicted octanol–water partition coefficient (Wildman–Crippen LogP) is 4.54. The van der Waals surface area contributed by atoms with Gasteiger partial charge in [-0.15, -0.1) is 0 Å². The van der Waals surface area contributed by atoms with Crippen molar-refractivity contribution in [1.82, 2.24) is 0 Å². The lowest BCUT2D eigenvalue weighted by atomic mass is 9.95. The summed E-state index contributed by atoms with van der Waals surface area (Å²) in [7, 11) is 0. The summed E-state index contributed by atoms with van der Waals surface area (Å²) in [4.78, 5) is 10.7. The van der Waals surface area contributed by atoms with Crippen LogP contribution in [0.25, 0.3) is 0 Å². The first-order valence-corrected chi connectivity index (χ1v) is 8.92. The first-order chi connectivity index (χ1) is 11.8. The van der Waals surface area contributed by atoms with Crippen molar-refractivity contribution in [2.24, 2.45) is 5.92 Å². The molecule has 0 saturated carbocycles. The molecular weight excluding hydrogens is 318 g/mol. The quantitative estimate of drug-likeness (QED) is 0.293. The van der Waals surface area contributed by atoms with Gasteiger partial charge in [-0.3, -0.25) is 4.79 Å². The van der Waals surface area contributed by atoms with Gasteiger partial charge in [-0.05, 0) is 59.0 Å². The second-order valence-electron chi connectivity index (χ2n) is 6.25. The molecule has 0 aromatic heterocycles. The van der Waals surface area contributed by atoms with Crippen molar-refractivity contribution in [1.29, 1.82) is 5.26 Å². The molecule has 0 aliphatic heterocycles. The minimum absolute atomic E-state index is 0.262. The van der Waals surface area contributed by atoms with E-state index in [-0.39, 0.29) is 18.2 Å². The van der Waals surface area contributed by atoms with Gasteiger partial charge in [0.1, 0.15) is 12.7 Å². The average molecular weight is 351 g/mol. The standard InChI is InChI=1S/C20H33NO4/c1-7-23-19(6)25-20(14-21)13-17(4)16(3)10-8-9-15(2)11-12-24-18(5)22/h10-11,17,19-20H,7-9,12-13H2,1-6H3/b15-11+,16-10+/t17-,19?,20?/m1/s1. The fourth-order valence-corrected chi connectivity index (χ4v) is 2.28. The Labute approximate surface area is 152 Å². The molecule has 5 heteroatoms. The Morgan fingerprint density at radius 2 is 1.88 bits per heavy atom. The molecular formula is C20H33NO4. The molecule has 0 heterocycles. The number of nitrogens with zero attached hydrogens (tertiary/aromatic N) is 1. The molecule has 0 saturated heterocycles. The molecule has 0 aliphatic carbocycles. The molecule has 0 aromatic rings. The van der Waals surface area contributed by atoms with Crippen LogP contribution < -0.4 is 0 Å². The number of esters is 1. The van der Waals surface area contributed by atoms with Gasteiger partial charge >= 0.3 is 5.97 Å². The van der Waals surface area contributed by atoms with E-state index in [2.05, 4.69) is 26.0 Å². The first kappa shape index (κ1) is 23.4. The van der Waals surface area contributed by atoms with E-state index in [1.807, 2.05) is 26.8 Å². The smallest absolute Gasteiger partial charge is 0.302 e. The van der Waals surface area contributed by atoms with Gasteiger partial charge in [-0.1, -0.05) is 24.1 Å². The van der Waals surface area contributed by atoms with E-state index in [0.717, 1.165) is 12.8 Å². The SMILES string of the molecule is CCOC(C)OC(C#N)C[C@@H](C)/C(C)=C/CC/C(C)=C/COC(C)=O. The van der Waals surface area contributed by atoms with Gasteiger partial charge in [0.05, 0.1) is 6.07 Å². The molecule has 0 rings (SSSR count). The zero-order chi connectivity index (χ0) is 19.2. The molecule has 3 atom stereocenters. The molecule has 0 amide bonds. The summed E-state index contributed by atoms with van der Waals surface area (Å²) in [5, 5.41) is 9.25. The summed E-state index contributed by atoms with van der Waals surface area (Å²) in [6, 6.07) is 2.20. The van der Waals surface area contributed by atoms with Gasteiger partial charge in [0, 0.05) is 13.5 Å². The van der Waals surface area contributed by atoms with E-state index in [1.54, 1.807) is 0 Å². The van der Waals surface area contributed by atoms with Gasteiger partial charge in [0.15, 0.2) is 6.29 Å². The summed E-state index contributed by atoms with van der Waals surface area (Å²) < 4.78 is 15.8. The third-order valence-corrected chi connectivity index (χ3v) is 3.97. The largest absolute Gasteiger partial charge is 0.462 e. The highest BCUT2D eigenvalue weighted by Gasteiger charge is 2.17. The van der Waals surface area contributed by atoms with E-state index in [0.29, 0.717) is 19.6 Å². The number of carbonyl (C=O) groups is 1. The van der Waals surface area contributed by atoms with E-state index in [4.69, 9.17) is 14.2 Å². The molecule has 0 spiro atoms. The molecule has 5 nitrogen and oxygen atoms in total. The summed E-state index contributed by atoms with van der Waals surface area (Å²) in [6.07, 6.45) is 5.80. The van der Waals surface area contributed by atoms with Crippen LogP contribution in [0.3, 0.4) is 0 Å². The van der Waals surface area contributed by atoms with E-state index >= 15 is 0 Å². The molecule has 2 unspecified atom stereocenters. The van der Waals surface area contributed by atoms with Crippen LogP contribution in [0.15, 0.2) is 23.3 Å². The number of allylic oxidation sites excluding steroid dienone is 3. The lowest BCUT2D eigenvalue weighted by Gasteiger charge is -2.20. The zero-order valence-corrected chi connectivity index (χ0v) is 16.5. The van der Waals surface area contributed by atoms with Crippen LogP contribution in [0.4, 0.5) is 0 Å². The fourth-order valence-electron chi connectivity index (χ4n) is 2.28. The van der Waals surface area contributed by atoms with Crippen LogP contribution >= 0.6 is 0 Å². The topological polar surface area (TPSA) is 68.6 Å². The van der Waals surface area contributed by atoms with Crippen LogP contribution in [0.2, 0.25) is 0 Å². The fraction of sp³-hybridized carbons (Fsp3) is 0.700. The minimum Gasteiger partial charge on any atom is -0.462 e. The molecule has 0 fully saturated rings. The monoisotopic (exact) mass is 351 g/mol. The van der Waals surface area contributed by atoms with Crippen molar-refractivity contribution < 1.29 is 19.0 Å². The summed E-state index contributed by atoms with van der Waals surface area (Å²) >= 11 is 0. The highest BCUT2D eigenvalue weighted by Crippen LogP contribution is 2.20. The van der Waals surface area contributed by atoms with Crippen LogP contribution in [0.5, 0.6) is 0 Å². The first-order valence-electron chi connectivity index (χ1n) is 8.92. The van der Waals surface area contributed by atoms with Crippen molar-refractivity contribution >= 4 is 5.97 Å². The Bertz CT molecular complexity index is 490. The number of nitriles is 1. The maximum Gasteiger partial charge on any atom is 0.302 e. The van der Waals surface area contributed by atoms with Crippen LogP contribution in [0, 0.1) is 17.2 Å². The average Bonchev–Trinajstić information content (AvgIpc) is 2.53. The third-order valence-electron chi connectivity index (χ3n) is 3.97. The van der Waals surface area contributed by atoms with Crippen molar-refractivity contribution in [2.45, 2.75) is 73.2 Å². The summed E-state index contributed by atoms with van der Waals surface area (Å²) in [5.74, 6) is 0.00495. The highest BCUT2D eigenvalue weighted by molar-refractivity contribution is 5.66. The van der Waals surface area contributed by atoms with Crippen molar-refractivity contribution in [2.75, 3.05) is 13.2 Å². The minimum atomic E-state index is -0.467. The van der Waals surface area contributed by atoms with E-state index in [1.165, 1.54) is 18.1 Å². The Morgan fingerprint density at radius 1 is 1.20 bits per heavy atom. The van der Waals surface area contributed by atoms with Crippen LogP contribution in [-0.2, 0) is 19.0 Å². The van der Waals surface area contributed by atoms with Crippen LogP contribution in [-0.4, -0.2) is 31.6 Å². The molecule has 0 bridgehead atoms. The number of hydrogen-bond acceptors (Lipinski definition) is 5. The molecule has 0 aliphatic rings. The van der Waals surface area contributed by atoms with Crippen molar-refractivity contribution in [3.8, 4) is 6.07 Å². The lowest BCUT2D eigenvalue weighted by molar-refractivity contribution is -0.146. The highest BCUT2D eigenvalue weighted by atomic mass is 16.7. The number of hydrogen-bond donors (Lipinski definition) is 0. The second kappa shape index (κ2) is 13.6. The second-order valence-corrected chi connectivity index (χ2v) is 6.25. The van der Waals surface area contributed by atoms with Gasteiger partial charge < -0.3 is 14.2 Å². The van der Waals surface area contributed by atoms with Gasteiger partial charge in [0.25, 0.3) is 0 Å². The molecule has 0 aromatic carbocycles. The number of carbonyl (C=O) groups excluding carboxylic acids is 1. The maximum atomic E-state index is 10.7. The number of ether oxygens (including phenoxy) is 3. The molecule has 0 radical (unpaired) electrons. The van der Waals surface area contributed by atoms with Gasteiger partial charge in [-0.25, -0.2) is 0 Å². The maximum absolute atomic E-state index is 10.7. The lowest BCUT2D eigenvalue weighted by Crippen LogP contribution is -2.23. The van der Waals surface area contributed by atoms with Crippen molar-refractivity contribution in [3.05, 3.63) is 23.3 Å². The summed E-state index contributed by atoms with van der Waals surface area (Å²) in [5.41, 5.74) is 2.45. The van der Waals surface area contributed by atoms with E-state index < -0.39 is 6.10 Å². The third kappa shape index (κ3) is 12.4. The Hall–Kier alpha value is -1.64. The Balaban J connectivity index is 4.33. The zero-order valence-electron chi connectivity index (χ0n) is 16.5. The van der Waals surface area contributed by atoms with E-state index in [9.17, 15) is 10.1 Å². The number of rotatable bonds is 12. The Kier molecular flexibility index (Phi) is 12.7. The van der Waals surface area contributed by atoms with Gasteiger partial charge in [0.2, 0.25) is 0 Å². The molecule has 142 valence electrons.